The van der Waals surface area contributed by atoms with Crippen molar-refractivity contribution < 1.29 is 14.3 Å². The molecule has 0 bridgehead atoms. The Morgan fingerprint density at radius 1 is 1.37 bits per heavy atom. The summed E-state index contributed by atoms with van der Waals surface area (Å²) in [5, 5.41) is 3.08. The molecule has 1 atom stereocenters. The summed E-state index contributed by atoms with van der Waals surface area (Å²) >= 11 is 0. The molecule has 2 rings (SSSR count). The number of hydrogen-bond donors (Lipinski definition) is 1. The zero-order valence-corrected chi connectivity index (χ0v) is 12.1. The topological polar surface area (TPSA) is 47.6 Å². The molecule has 0 saturated carbocycles. The Labute approximate surface area is 119 Å². The maximum absolute atomic E-state index is 12.3. The smallest absolute Gasteiger partial charge is 0.231 e. The van der Waals surface area contributed by atoms with Gasteiger partial charge >= 0.3 is 0 Å². The minimum absolute atomic E-state index is 0. The van der Waals surface area contributed by atoms with Gasteiger partial charge < -0.3 is 14.8 Å². The third kappa shape index (κ3) is 3.61. The van der Waals surface area contributed by atoms with Crippen LogP contribution in [-0.4, -0.2) is 25.7 Å². The van der Waals surface area contributed by atoms with Gasteiger partial charge in [0.15, 0.2) is 17.3 Å². The van der Waals surface area contributed by atoms with Crippen LogP contribution in [0.3, 0.4) is 0 Å². The second kappa shape index (κ2) is 7.36. The lowest BCUT2D eigenvalue weighted by Crippen LogP contribution is -2.33. The molecule has 19 heavy (non-hydrogen) atoms. The SMILES string of the molecule is CCCCC(NC)C(=O)c1ccc2c(c1)OCO2.Cl. The number of fused-ring (bicyclic) bond motifs is 1. The molecule has 1 aliphatic heterocycles. The number of benzene rings is 1. The van der Waals surface area contributed by atoms with Crippen molar-refractivity contribution in [1.29, 1.82) is 0 Å². The maximum Gasteiger partial charge on any atom is 0.231 e. The van der Waals surface area contributed by atoms with E-state index < -0.39 is 0 Å². The Kier molecular flexibility index (Phi) is 6.12. The number of hydrogen-bond acceptors (Lipinski definition) is 4. The van der Waals surface area contributed by atoms with Crippen molar-refractivity contribution in [3.05, 3.63) is 23.8 Å². The molecule has 0 saturated heterocycles. The van der Waals surface area contributed by atoms with E-state index in [9.17, 15) is 4.79 Å². The summed E-state index contributed by atoms with van der Waals surface area (Å²) in [6, 6.07) is 5.24. The summed E-state index contributed by atoms with van der Waals surface area (Å²) in [5.41, 5.74) is 0.676. The van der Waals surface area contributed by atoms with Crippen molar-refractivity contribution in [2.45, 2.75) is 32.2 Å². The summed E-state index contributed by atoms with van der Waals surface area (Å²) in [6.07, 6.45) is 2.99. The van der Waals surface area contributed by atoms with E-state index in [0.29, 0.717) is 17.1 Å². The van der Waals surface area contributed by atoms with E-state index in [1.807, 2.05) is 7.05 Å². The first-order chi connectivity index (χ1) is 8.76. The molecule has 5 heteroatoms. The van der Waals surface area contributed by atoms with Gasteiger partial charge in [-0.15, -0.1) is 12.4 Å². The quantitative estimate of drug-likeness (QED) is 0.817. The zero-order valence-electron chi connectivity index (χ0n) is 11.3. The Hall–Kier alpha value is -1.26. The fraction of sp³-hybridized carbons (Fsp3) is 0.500. The molecular formula is C14H20ClNO3. The number of rotatable bonds is 6. The average molecular weight is 286 g/mol. The number of Topliss-reactive ketones (excluding diaryl/α,β-unsaturated/α-hetero) is 1. The number of carbonyl (C=O) groups is 1. The molecule has 1 aromatic carbocycles. The predicted molar refractivity (Wildman–Crippen MR) is 76.5 cm³/mol. The Morgan fingerprint density at radius 2 is 2.11 bits per heavy atom. The van der Waals surface area contributed by atoms with Gasteiger partial charge in [0.25, 0.3) is 0 Å². The summed E-state index contributed by atoms with van der Waals surface area (Å²) in [5.74, 6) is 1.48. The van der Waals surface area contributed by atoms with Crippen molar-refractivity contribution in [3.63, 3.8) is 0 Å². The van der Waals surface area contributed by atoms with E-state index >= 15 is 0 Å². The molecule has 0 aromatic heterocycles. The van der Waals surface area contributed by atoms with E-state index in [0.717, 1.165) is 19.3 Å². The van der Waals surface area contributed by atoms with E-state index in [2.05, 4.69) is 12.2 Å². The molecule has 106 valence electrons. The van der Waals surface area contributed by atoms with Crippen LogP contribution >= 0.6 is 12.4 Å². The van der Waals surface area contributed by atoms with E-state index in [1.54, 1.807) is 18.2 Å². The first-order valence-corrected chi connectivity index (χ1v) is 6.37. The number of nitrogens with one attached hydrogen (secondary N) is 1. The molecule has 0 spiro atoms. The lowest BCUT2D eigenvalue weighted by molar-refractivity contribution is 0.0940. The summed E-state index contributed by atoms with van der Waals surface area (Å²) in [6.45, 7) is 2.36. The van der Waals surface area contributed by atoms with Crippen LogP contribution in [0, 0.1) is 0 Å². The molecule has 1 N–H and O–H groups in total. The fourth-order valence-corrected chi connectivity index (χ4v) is 2.07. The lowest BCUT2D eigenvalue weighted by Gasteiger charge is -2.14. The number of likely N-dealkylation sites (N-methyl/N-ethyl adjacent to an activating group) is 1. The summed E-state index contributed by atoms with van der Waals surface area (Å²) < 4.78 is 10.5. The second-order valence-electron chi connectivity index (χ2n) is 4.42. The minimum atomic E-state index is -0.120. The number of unbranched alkanes of at least 4 members (excludes halogenated alkanes) is 1. The van der Waals surface area contributed by atoms with Crippen LogP contribution in [0.1, 0.15) is 36.5 Å². The molecule has 0 radical (unpaired) electrons. The van der Waals surface area contributed by atoms with Crippen LogP contribution in [-0.2, 0) is 0 Å². The Morgan fingerprint density at radius 3 is 2.79 bits per heavy atom. The normalized spacial score (nSPS) is 13.8. The fourth-order valence-electron chi connectivity index (χ4n) is 2.07. The van der Waals surface area contributed by atoms with Crippen LogP contribution in [0.2, 0.25) is 0 Å². The highest BCUT2D eigenvalue weighted by Crippen LogP contribution is 2.32. The van der Waals surface area contributed by atoms with Crippen molar-refractivity contribution in [1.82, 2.24) is 5.32 Å². The van der Waals surface area contributed by atoms with E-state index in [1.165, 1.54) is 0 Å². The van der Waals surface area contributed by atoms with Crippen molar-refractivity contribution in [2.75, 3.05) is 13.8 Å². The largest absolute Gasteiger partial charge is 0.454 e. The highest BCUT2D eigenvalue weighted by molar-refractivity contribution is 6.00. The number of carbonyl (C=O) groups excluding carboxylic acids is 1. The first-order valence-electron chi connectivity index (χ1n) is 6.37. The van der Waals surface area contributed by atoms with Crippen molar-refractivity contribution in [2.24, 2.45) is 0 Å². The third-order valence-corrected chi connectivity index (χ3v) is 3.17. The minimum Gasteiger partial charge on any atom is -0.454 e. The van der Waals surface area contributed by atoms with Crippen LogP contribution in [0.5, 0.6) is 11.5 Å². The maximum atomic E-state index is 12.3. The van der Waals surface area contributed by atoms with Gasteiger partial charge in [0.05, 0.1) is 6.04 Å². The van der Waals surface area contributed by atoms with E-state index in [-0.39, 0.29) is 31.0 Å². The van der Waals surface area contributed by atoms with Gasteiger partial charge in [0.1, 0.15) is 0 Å². The Bertz CT molecular complexity index is 437. The molecule has 4 nitrogen and oxygen atoms in total. The summed E-state index contributed by atoms with van der Waals surface area (Å²) in [7, 11) is 1.82. The summed E-state index contributed by atoms with van der Waals surface area (Å²) in [4.78, 5) is 12.3. The number of ketones is 1. The van der Waals surface area contributed by atoms with Crippen LogP contribution in [0.4, 0.5) is 0 Å². The molecule has 1 unspecified atom stereocenters. The van der Waals surface area contributed by atoms with Gasteiger partial charge in [0.2, 0.25) is 6.79 Å². The lowest BCUT2D eigenvalue weighted by atomic mass is 9.99. The van der Waals surface area contributed by atoms with Crippen LogP contribution < -0.4 is 14.8 Å². The third-order valence-electron chi connectivity index (χ3n) is 3.17. The van der Waals surface area contributed by atoms with Gasteiger partial charge in [-0.3, -0.25) is 4.79 Å². The van der Waals surface area contributed by atoms with E-state index in [4.69, 9.17) is 9.47 Å². The molecular weight excluding hydrogens is 266 g/mol. The molecule has 1 aromatic rings. The van der Waals surface area contributed by atoms with Gasteiger partial charge in [-0.2, -0.15) is 0 Å². The molecule has 0 aliphatic carbocycles. The van der Waals surface area contributed by atoms with Gasteiger partial charge in [-0.05, 0) is 31.7 Å². The monoisotopic (exact) mass is 285 g/mol. The molecule has 0 amide bonds. The van der Waals surface area contributed by atoms with Gasteiger partial charge in [0, 0.05) is 5.56 Å². The average Bonchev–Trinajstić information content (AvgIpc) is 2.86. The van der Waals surface area contributed by atoms with Crippen molar-refractivity contribution >= 4 is 18.2 Å². The predicted octanol–water partition coefficient (Wildman–Crippen LogP) is 2.80. The number of ether oxygens (including phenoxy) is 2. The van der Waals surface area contributed by atoms with Crippen LogP contribution in [0.15, 0.2) is 18.2 Å². The van der Waals surface area contributed by atoms with Crippen LogP contribution in [0.25, 0.3) is 0 Å². The van der Waals surface area contributed by atoms with Crippen molar-refractivity contribution in [3.8, 4) is 11.5 Å². The second-order valence-corrected chi connectivity index (χ2v) is 4.42. The highest BCUT2D eigenvalue weighted by atomic mass is 35.5. The molecule has 1 aliphatic rings. The number of halogens is 1. The Balaban J connectivity index is 0.00000180. The zero-order chi connectivity index (χ0) is 13.0. The standard InChI is InChI=1S/C14H19NO3.ClH/c1-3-4-5-11(15-2)14(16)10-6-7-12-13(8-10)18-9-17-12;/h6-8,11,15H,3-5,9H2,1-2H3;1H. The van der Waals surface area contributed by atoms with Gasteiger partial charge in [-0.25, -0.2) is 0 Å². The van der Waals surface area contributed by atoms with Gasteiger partial charge in [-0.1, -0.05) is 19.8 Å². The molecule has 0 fully saturated rings. The molecule has 1 heterocycles. The highest BCUT2D eigenvalue weighted by Gasteiger charge is 2.21. The first kappa shape index (κ1) is 15.8.